The van der Waals surface area contributed by atoms with Crippen molar-refractivity contribution in [3.05, 3.63) is 30.1 Å². The van der Waals surface area contributed by atoms with E-state index in [1.165, 1.54) is 0 Å². The van der Waals surface area contributed by atoms with Gasteiger partial charge in [0.05, 0.1) is 6.10 Å². The number of pyridine rings is 1. The Morgan fingerprint density at radius 2 is 2.24 bits per heavy atom. The fraction of sp³-hybridized carbons (Fsp3) is 0.625. The van der Waals surface area contributed by atoms with Crippen LogP contribution < -0.4 is 0 Å². The van der Waals surface area contributed by atoms with E-state index in [1.54, 1.807) is 11.1 Å². The van der Waals surface area contributed by atoms with Gasteiger partial charge in [-0.25, -0.2) is 4.79 Å². The Kier molecular flexibility index (Phi) is 4.83. The largest absolute Gasteiger partial charge is 0.444 e. The Balaban J connectivity index is 1.97. The van der Waals surface area contributed by atoms with Gasteiger partial charge in [-0.1, -0.05) is 6.07 Å². The number of hydrogen-bond donors (Lipinski definition) is 1. The van der Waals surface area contributed by atoms with E-state index in [2.05, 4.69) is 4.98 Å². The molecule has 2 unspecified atom stereocenters. The number of hydrogen-bond acceptors (Lipinski definition) is 4. The first-order valence-corrected chi connectivity index (χ1v) is 7.41. The van der Waals surface area contributed by atoms with Gasteiger partial charge in [0.2, 0.25) is 0 Å². The molecule has 0 bridgehead atoms. The molecule has 21 heavy (non-hydrogen) atoms. The van der Waals surface area contributed by atoms with Crippen LogP contribution in [0.1, 0.15) is 32.9 Å². The molecule has 1 aliphatic heterocycles. The average Bonchev–Trinajstić information content (AvgIpc) is 2.40. The van der Waals surface area contributed by atoms with Crippen molar-refractivity contribution in [1.82, 2.24) is 9.88 Å². The number of ether oxygens (including phenoxy) is 1. The number of aliphatic hydroxyl groups excluding tert-OH is 1. The Morgan fingerprint density at radius 3 is 2.86 bits per heavy atom. The van der Waals surface area contributed by atoms with Gasteiger partial charge in [-0.3, -0.25) is 4.98 Å². The Hall–Kier alpha value is -1.62. The topological polar surface area (TPSA) is 62.7 Å². The van der Waals surface area contributed by atoms with Crippen LogP contribution in [-0.4, -0.2) is 45.9 Å². The van der Waals surface area contributed by atoms with E-state index < -0.39 is 11.7 Å². The Morgan fingerprint density at radius 1 is 1.48 bits per heavy atom. The van der Waals surface area contributed by atoms with Crippen molar-refractivity contribution in [3.8, 4) is 0 Å². The molecule has 1 fully saturated rings. The minimum absolute atomic E-state index is 0.00108. The van der Waals surface area contributed by atoms with Gasteiger partial charge in [0, 0.05) is 30.9 Å². The highest BCUT2D eigenvalue weighted by atomic mass is 16.6. The first-order chi connectivity index (χ1) is 9.85. The van der Waals surface area contributed by atoms with Crippen LogP contribution in [0.2, 0.25) is 0 Å². The lowest BCUT2D eigenvalue weighted by molar-refractivity contribution is -0.00841. The number of piperidine rings is 1. The van der Waals surface area contributed by atoms with Gasteiger partial charge in [-0.2, -0.15) is 0 Å². The fourth-order valence-corrected chi connectivity index (χ4v) is 2.50. The van der Waals surface area contributed by atoms with Gasteiger partial charge in [0.15, 0.2) is 0 Å². The van der Waals surface area contributed by atoms with Crippen molar-refractivity contribution in [2.24, 2.45) is 5.92 Å². The maximum Gasteiger partial charge on any atom is 0.410 e. The number of carbonyl (C=O) groups excluding carboxylic acids is 1. The maximum absolute atomic E-state index is 12.1. The van der Waals surface area contributed by atoms with Crippen molar-refractivity contribution < 1.29 is 14.6 Å². The molecule has 1 aromatic rings. The van der Waals surface area contributed by atoms with E-state index in [4.69, 9.17) is 4.74 Å². The van der Waals surface area contributed by atoms with Crippen molar-refractivity contribution in [3.63, 3.8) is 0 Å². The van der Waals surface area contributed by atoms with Gasteiger partial charge >= 0.3 is 6.09 Å². The van der Waals surface area contributed by atoms with E-state index in [9.17, 15) is 9.90 Å². The number of aliphatic hydroxyl groups is 1. The zero-order chi connectivity index (χ0) is 15.5. The zero-order valence-corrected chi connectivity index (χ0v) is 13.0. The predicted octanol–water partition coefficient (Wildman–Crippen LogP) is 2.24. The lowest BCUT2D eigenvalue weighted by Gasteiger charge is -2.36. The molecule has 1 aromatic heterocycles. The van der Waals surface area contributed by atoms with Gasteiger partial charge in [0.1, 0.15) is 5.60 Å². The molecule has 1 N–H and O–H groups in total. The molecular weight excluding hydrogens is 268 g/mol. The van der Waals surface area contributed by atoms with Crippen LogP contribution in [0, 0.1) is 5.92 Å². The molecule has 0 aliphatic carbocycles. The molecule has 1 amide bonds. The average molecular weight is 292 g/mol. The highest BCUT2D eigenvalue weighted by Gasteiger charge is 2.32. The summed E-state index contributed by atoms with van der Waals surface area (Å²) in [5.74, 6) is 0.00108. The van der Waals surface area contributed by atoms with Crippen LogP contribution in [0.25, 0.3) is 0 Å². The van der Waals surface area contributed by atoms with Crippen molar-refractivity contribution in [1.29, 1.82) is 0 Å². The lowest BCUT2D eigenvalue weighted by Crippen LogP contribution is -2.48. The Labute approximate surface area is 125 Å². The van der Waals surface area contributed by atoms with Crippen LogP contribution in [0.5, 0.6) is 0 Å². The number of amides is 1. The predicted molar refractivity (Wildman–Crippen MR) is 79.9 cm³/mol. The molecule has 116 valence electrons. The SMILES string of the molecule is CC(C)(C)OC(=O)N1CCC(O)C(Cc2ccccn2)C1. The van der Waals surface area contributed by atoms with Crippen molar-refractivity contribution in [2.75, 3.05) is 13.1 Å². The first-order valence-electron chi connectivity index (χ1n) is 7.41. The quantitative estimate of drug-likeness (QED) is 0.908. The minimum atomic E-state index is -0.496. The second-order valence-electron chi connectivity index (χ2n) is 6.57. The third kappa shape index (κ3) is 4.70. The molecule has 0 saturated carbocycles. The standard InChI is InChI=1S/C16H24N2O3/c1-16(2,3)21-15(20)18-9-7-14(19)12(11-18)10-13-6-4-5-8-17-13/h4-6,8,12,14,19H,7,9-11H2,1-3H3. The summed E-state index contributed by atoms with van der Waals surface area (Å²) in [5, 5.41) is 10.2. The molecule has 0 aromatic carbocycles. The second kappa shape index (κ2) is 6.43. The summed E-state index contributed by atoms with van der Waals surface area (Å²) in [4.78, 5) is 18.1. The summed E-state index contributed by atoms with van der Waals surface area (Å²) in [5.41, 5.74) is 0.441. The monoisotopic (exact) mass is 292 g/mol. The Bertz CT molecular complexity index is 470. The molecule has 0 spiro atoms. The van der Waals surface area contributed by atoms with Crippen molar-refractivity contribution >= 4 is 6.09 Å². The van der Waals surface area contributed by atoms with Crippen LogP contribution in [0.3, 0.4) is 0 Å². The second-order valence-corrected chi connectivity index (χ2v) is 6.57. The summed E-state index contributed by atoms with van der Waals surface area (Å²) in [6.45, 7) is 6.61. The molecule has 0 radical (unpaired) electrons. The van der Waals surface area contributed by atoms with Gasteiger partial charge in [-0.05, 0) is 45.7 Å². The molecule has 2 atom stereocenters. The third-order valence-electron chi connectivity index (χ3n) is 3.54. The molecule has 5 heteroatoms. The number of likely N-dealkylation sites (tertiary alicyclic amines) is 1. The molecule has 2 rings (SSSR count). The zero-order valence-electron chi connectivity index (χ0n) is 13.0. The molecule has 2 heterocycles. The molecule has 1 aliphatic rings. The summed E-state index contributed by atoms with van der Waals surface area (Å²) in [6.07, 6.45) is 2.29. The van der Waals surface area contributed by atoms with E-state index >= 15 is 0 Å². The number of carbonyl (C=O) groups is 1. The van der Waals surface area contributed by atoms with E-state index in [1.807, 2.05) is 39.0 Å². The number of rotatable bonds is 2. The fourth-order valence-electron chi connectivity index (χ4n) is 2.50. The summed E-state index contributed by atoms with van der Waals surface area (Å²) < 4.78 is 5.40. The minimum Gasteiger partial charge on any atom is -0.444 e. The molecule has 1 saturated heterocycles. The summed E-state index contributed by atoms with van der Waals surface area (Å²) in [7, 11) is 0. The normalized spacial score (nSPS) is 23.0. The van der Waals surface area contributed by atoms with Crippen LogP contribution in [0.4, 0.5) is 4.79 Å². The summed E-state index contributed by atoms with van der Waals surface area (Å²) >= 11 is 0. The van der Waals surface area contributed by atoms with Crippen LogP contribution in [0.15, 0.2) is 24.4 Å². The summed E-state index contributed by atoms with van der Waals surface area (Å²) in [6, 6.07) is 5.75. The van der Waals surface area contributed by atoms with Gasteiger partial charge < -0.3 is 14.7 Å². The van der Waals surface area contributed by atoms with Gasteiger partial charge in [-0.15, -0.1) is 0 Å². The van der Waals surface area contributed by atoms with E-state index in [-0.39, 0.29) is 12.0 Å². The highest BCUT2D eigenvalue weighted by molar-refractivity contribution is 5.68. The smallest absolute Gasteiger partial charge is 0.410 e. The molecule has 5 nitrogen and oxygen atoms in total. The van der Waals surface area contributed by atoms with Crippen LogP contribution >= 0.6 is 0 Å². The highest BCUT2D eigenvalue weighted by Crippen LogP contribution is 2.22. The van der Waals surface area contributed by atoms with Gasteiger partial charge in [0.25, 0.3) is 0 Å². The number of aromatic nitrogens is 1. The van der Waals surface area contributed by atoms with E-state index in [0.29, 0.717) is 25.9 Å². The van der Waals surface area contributed by atoms with E-state index in [0.717, 1.165) is 5.69 Å². The maximum atomic E-state index is 12.1. The number of nitrogens with zero attached hydrogens (tertiary/aromatic N) is 2. The molecular formula is C16H24N2O3. The van der Waals surface area contributed by atoms with Crippen molar-refractivity contribution in [2.45, 2.75) is 45.3 Å². The third-order valence-corrected chi connectivity index (χ3v) is 3.54. The lowest BCUT2D eigenvalue weighted by atomic mass is 9.90. The first kappa shape index (κ1) is 15.8. The van der Waals surface area contributed by atoms with Crippen LogP contribution in [-0.2, 0) is 11.2 Å².